The summed E-state index contributed by atoms with van der Waals surface area (Å²) < 4.78 is 6.62. The first-order chi connectivity index (χ1) is 14.6. The molecule has 3 aromatic rings. The summed E-state index contributed by atoms with van der Waals surface area (Å²) >= 11 is 6.44. The Balaban J connectivity index is 1.71. The Labute approximate surface area is 177 Å². The lowest BCUT2D eigenvalue weighted by molar-refractivity contribution is -0.385. The number of aromatic nitrogens is 2. The lowest BCUT2D eigenvalue weighted by Crippen LogP contribution is -2.41. The van der Waals surface area contributed by atoms with Crippen molar-refractivity contribution in [1.82, 2.24) is 14.3 Å². The van der Waals surface area contributed by atoms with Crippen molar-refractivity contribution < 1.29 is 9.66 Å². The van der Waals surface area contributed by atoms with Crippen LogP contribution in [0.15, 0.2) is 53.5 Å². The molecule has 1 saturated heterocycles. The van der Waals surface area contributed by atoms with Crippen molar-refractivity contribution in [1.29, 1.82) is 0 Å². The third-order valence-corrected chi connectivity index (χ3v) is 5.45. The molecule has 1 aliphatic rings. The van der Waals surface area contributed by atoms with Gasteiger partial charge in [-0.1, -0.05) is 35.9 Å². The number of benzene rings is 1. The quantitative estimate of drug-likeness (QED) is 0.474. The Bertz CT molecular complexity index is 1130. The Kier molecular flexibility index (Phi) is 5.93. The molecule has 0 radical (unpaired) electrons. The van der Waals surface area contributed by atoms with Crippen molar-refractivity contribution >= 4 is 28.8 Å². The molecule has 0 aliphatic carbocycles. The number of morpholine rings is 1. The van der Waals surface area contributed by atoms with Gasteiger partial charge in [-0.15, -0.1) is 0 Å². The second kappa shape index (κ2) is 8.78. The molecular weight excluding hydrogens is 410 g/mol. The monoisotopic (exact) mass is 429 g/mol. The van der Waals surface area contributed by atoms with Gasteiger partial charge in [0.15, 0.2) is 0 Å². The fraction of sp³-hybridized carbons (Fsp3) is 0.300. The average molecular weight is 430 g/mol. The van der Waals surface area contributed by atoms with Crippen LogP contribution in [-0.2, 0) is 4.74 Å². The smallest absolute Gasteiger partial charge is 0.376 e. The van der Waals surface area contributed by atoms with E-state index in [9.17, 15) is 14.9 Å². The molecule has 1 aliphatic heterocycles. The molecule has 1 N–H and O–H groups in total. The fourth-order valence-electron chi connectivity index (χ4n) is 3.63. The molecule has 9 nitrogen and oxygen atoms in total. The van der Waals surface area contributed by atoms with Gasteiger partial charge in [-0.3, -0.25) is 24.2 Å². The Hall–Kier alpha value is -3.01. The third-order valence-electron chi connectivity index (χ3n) is 5.11. The SMILES string of the molecule is O=c1c([N+](=O)[O-])c(NC[C@H](c2ccccc2Cl)N2CCOCC2)nc2ccccn12. The Morgan fingerprint density at radius 3 is 2.67 bits per heavy atom. The van der Waals surface area contributed by atoms with Gasteiger partial charge in [0, 0.05) is 30.9 Å². The summed E-state index contributed by atoms with van der Waals surface area (Å²) in [5, 5.41) is 15.3. The van der Waals surface area contributed by atoms with E-state index in [1.165, 1.54) is 6.20 Å². The first kappa shape index (κ1) is 20.3. The van der Waals surface area contributed by atoms with Crippen LogP contribution in [-0.4, -0.2) is 52.1 Å². The van der Waals surface area contributed by atoms with E-state index in [0.717, 1.165) is 9.96 Å². The van der Waals surface area contributed by atoms with Crippen LogP contribution in [0.2, 0.25) is 5.02 Å². The van der Waals surface area contributed by atoms with E-state index in [4.69, 9.17) is 16.3 Å². The van der Waals surface area contributed by atoms with Crippen molar-refractivity contribution in [2.45, 2.75) is 6.04 Å². The number of rotatable bonds is 6. The number of nitro groups is 1. The molecule has 0 amide bonds. The molecule has 30 heavy (non-hydrogen) atoms. The molecule has 1 atom stereocenters. The van der Waals surface area contributed by atoms with Crippen LogP contribution < -0.4 is 10.9 Å². The number of nitrogens with zero attached hydrogens (tertiary/aromatic N) is 4. The number of hydrogen-bond donors (Lipinski definition) is 1. The van der Waals surface area contributed by atoms with E-state index in [1.54, 1.807) is 18.2 Å². The first-order valence-corrected chi connectivity index (χ1v) is 9.90. The summed E-state index contributed by atoms with van der Waals surface area (Å²) in [6.45, 7) is 2.88. The van der Waals surface area contributed by atoms with Crippen LogP contribution in [0.3, 0.4) is 0 Å². The molecule has 156 valence electrons. The minimum atomic E-state index is -0.728. The second-order valence-electron chi connectivity index (χ2n) is 6.87. The van der Waals surface area contributed by atoms with Crippen LogP contribution >= 0.6 is 11.6 Å². The molecule has 2 aromatic heterocycles. The summed E-state index contributed by atoms with van der Waals surface area (Å²) in [6, 6.07) is 12.3. The van der Waals surface area contributed by atoms with Crippen LogP contribution in [0.5, 0.6) is 0 Å². The maximum absolute atomic E-state index is 12.7. The summed E-state index contributed by atoms with van der Waals surface area (Å²) in [7, 11) is 0. The number of fused-ring (bicyclic) bond motifs is 1. The zero-order valence-corrected chi connectivity index (χ0v) is 16.8. The summed E-state index contributed by atoms with van der Waals surface area (Å²) in [4.78, 5) is 30.1. The van der Waals surface area contributed by atoms with Gasteiger partial charge in [-0.25, -0.2) is 4.98 Å². The van der Waals surface area contributed by atoms with Gasteiger partial charge in [0.2, 0.25) is 5.82 Å². The third kappa shape index (κ3) is 4.00. The molecule has 0 spiro atoms. The number of pyridine rings is 1. The molecule has 3 heterocycles. The summed E-state index contributed by atoms with van der Waals surface area (Å²) in [5.41, 5.74) is -0.0858. The maximum atomic E-state index is 12.7. The highest BCUT2D eigenvalue weighted by atomic mass is 35.5. The van der Waals surface area contributed by atoms with Crippen molar-refractivity contribution in [2.24, 2.45) is 0 Å². The predicted molar refractivity (Wildman–Crippen MR) is 113 cm³/mol. The standard InChI is InChI=1S/C20H20ClN5O4/c21-15-6-2-1-5-14(15)16(24-9-11-30-12-10-24)13-22-19-18(26(28)29)20(27)25-8-4-3-7-17(25)23-19/h1-8,16,22H,9-13H2/t16-/m1/s1. The van der Waals surface area contributed by atoms with Gasteiger partial charge in [-0.2, -0.15) is 0 Å². The van der Waals surface area contributed by atoms with E-state index in [0.29, 0.717) is 43.5 Å². The van der Waals surface area contributed by atoms with Gasteiger partial charge in [0.25, 0.3) is 0 Å². The summed E-state index contributed by atoms with van der Waals surface area (Å²) in [6.07, 6.45) is 1.46. The Morgan fingerprint density at radius 2 is 1.93 bits per heavy atom. The zero-order valence-electron chi connectivity index (χ0n) is 16.0. The van der Waals surface area contributed by atoms with Gasteiger partial charge in [0.1, 0.15) is 5.65 Å². The van der Waals surface area contributed by atoms with E-state index in [1.807, 2.05) is 24.3 Å². The minimum Gasteiger partial charge on any atom is -0.379 e. The maximum Gasteiger partial charge on any atom is 0.376 e. The van der Waals surface area contributed by atoms with E-state index >= 15 is 0 Å². The largest absolute Gasteiger partial charge is 0.379 e. The van der Waals surface area contributed by atoms with Gasteiger partial charge in [0.05, 0.1) is 24.2 Å². The molecule has 1 fully saturated rings. The number of hydrogen-bond acceptors (Lipinski definition) is 7. The number of halogens is 1. The molecule has 0 saturated carbocycles. The van der Waals surface area contributed by atoms with Gasteiger partial charge < -0.3 is 10.1 Å². The zero-order chi connectivity index (χ0) is 21.1. The Morgan fingerprint density at radius 1 is 1.20 bits per heavy atom. The predicted octanol–water partition coefficient (Wildman–Crippen LogP) is 2.74. The number of nitrogens with one attached hydrogen (secondary N) is 1. The van der Waals surface area contributed by atoms with Crippen LogP contribution in [0.25, 0.3) is 5.65 Å². The van der Waals surface area contributed by atoms with Crippen molar-refractivity contribution in [3.8, 4) is 0 Å². The van der Waals surface area contributed by atoms with Crippen LogP contribution in [0, 0.1) is 10.1 Å². The molecule has 10 heteroatoms. The van der Waals surface area contributed by atoms with E-state index < -0.39 is 16.2 Å². The number of anilines is 1. The lowest BCUT2D eigenvalue weighted by atomic mass is 10.0. The van der Waals surface area contributed by atoms with Crippen LogP contribution in [0.4, 0.5) is 11.5 Å². The van der Waals surface area contributed by atoms with Crippen molar-refractivity contribution in [2.75, 3.05) is 38.2 Å². The molecule has 4 rings (SSSR count). The normalized spacial score (nSPS) is 15.8. The lowest BCUT2D eigenvalue weighted by Gasteiger charge is -2.35. The highest BCUT2D eigenvalue weighted by Crippen LogP contribution is 2.29. The van der Waals surface area contributed by atoms with E-state index in [-0.39, 0.29) is 11.9 Å². The molecule has 0 unspecified atom stereocenters. The van der Waals surface area contributed by atoms with Gasteiger partial charge >= 0.3 is 11.2 Å². The van der Waals surface area contributed by atoms with E-state index in [2.05, 4.69) is 15.2 Å². The van der Waals surface area contributed by atoms with Crippen LogP contribution in [0.1, 0.15) is 11.6 Å². The number of ether oxygens (including phenoxy) is 1. The highest BCUT2D eigenvalue weighted by molar-refractivity contribution is 6.31. The molecular formula is C20H20ClN5O4. The van der Waals surface area contributed by atoms with Crippen molar-refractivity contribution in [3.05, 3.63) is 79.7 Å². The van der Waals surface area contributed by atoms with Gasteiger partial charge in [-0.05, 0) is 23.8 Å². The first-order valence-electron chi connectivity index (χ1n) is 9.52. The average Bonchev–Trinajstić information content (AvgIpc) is 2.75. The topological polar surface area (TPSA) is 102 Å². The fourth-order valence-corrected chi connectivity index (χ4v) is 3.89. The highest BCUT2D eigenvalue weighted by Gasteiger charge is 2.28. The summed E-state index contributed by atoms with van der Waals surface area (Å²) in [5.74, 6) is -0.0542. The van der Waals surface area contributed by atoms with Crippen molar-refractivity contribution in [3.63, 3.8) is 0 Å². The minimum absolute atomic E-state index is 0.0542. The molecule has 1 aromatic carbocycles. The molecule has 0 bridgehead atoms. The second-order valence-corrected chi connectivity index (χ2v) is 7.27.